The molecule has 0 fully saturated rings. The van der Waals surface area contributed by atoms with E-state index in [-0.39, 0.29) is 11.9 Å². The first-order valence-corrected chi connectivity index (χ1v) is 15.9. The van der Waals surface area contributed by atoms with E-state index in [0.717, 1.165) is 22.3 Å². The third-order valence-corrected chi connectivity index (χ3v) is 7.20. The number of aromatic amines is 2. The number of H-pyrrole nitrogens is 2. The summed E-state index contributed by atoms with van der Waals surface area (Å²) >= 11 is 0. The first-order chi connectivity index (χ1) is 24.6. The summed E-state index contributed by atoms with van der Waals surface area (Å²) in [4.78, 5) is 30.6. The van der Waals surface area contributed by atoms with Crippen LogP contribution < -0.4 is 20.9 Å². The molecule has 2 aromatic carbocycles. The van der Waals surface area contributed by atoms with E-state index >= 15 is 0 Å². The highest BCUT2D eigenvalue weighted by Gasteiger charge is 2.11. The fourth-order valence-electron chi connectivity index (χ4n) is 4.67. The Balaban J connectivity index is 0.752. The van der Waals surface area contributed by atoms with E-state index in [1.54, 1.807) is 0 Å². The van der Waals surface area contributed by atoms with Crippen LogP contribution in [0.5, 0.6) is 11.8 Å². The van der Waals surface area contributed by atoms with Crippen molar-refractivity contribution in [2.24, 2.45) is 0 Å². The van der Waals surface area contributed by atoms with Crippen LogP contribution in [0.15, 0.2) is 73.3 Å². The molecule has 260 valence electrons. The fraction of sp³-hybridized carbons (Fsp3) is 0.294. The molecule has 4 heterocycles. The molecule has 0 bridgehead atoms. The lowest BCUT2D eigenvalue weighted by atomic mass is 10.1. The second-order valence-electron chi connectivity index (χ2n) is 10.9. The van der Waals surface area contributed by atoms with Crippen molar-refractivity contribution in [1.82, 2.24) is 39.9 Å². The molecule has 16 nitrogen and oxygen atoms in total. The molecule has 0 aliphatic heterocycles. The van der Waals surface area contributed by atoms with Crippen LogP contribution in [0, 0.1) is 0 Å². The zero-order chi connectivity index (χ0) is 34.4. The predicted molar refractivity (Wildman–Crippen MR) is 184 cm³/mol. The van der Waals surface area contributed by atoms with Crippen molar-refractivity contribution >= 4 is 34.2 Å². The van der Waals surface area contributed by atoms with Crippen molar-refractivity contribution in [3.05, 3.63) is 95.6 Å². The Morgan fingerprint density at radius 1 is 0.500 bits per heavy atom. The summed E-state index contributed by atoms with van der Waals surface area (Å²) in [7, 11) is 0. The molecule has 0 aliphatic carbocycles. The molecule has 0 amide bonds. The maximum Gasteiger partial charge on any atom is 0.247 e. The highest BCUT2D eigenvalue weighted by atomic mass is 16.5. The average Bonchev–Trinajstić information content (AvgIpc) is 3.81. The van der Waals surface area contributed by atoms with Gasteiger partial charge in [-0.25, -0.2) is 9.97 Å². The van der Waals surface area contributed by atoms with Crippen LogP contribution in [0.1, 0.15) is 22.3 Å². The van der Waals surface area contributed by atoms with E-state index in [1.807, 2.05) is 60.7 Å². The number of rotatable bonds is 20. The summed E-state index contributed by atoms with van der Waals surface area (Å²) in [6.45, 7) is 4.58. The standard InChI is InChI=1S/C34H38N10O6/c35-33-41-29-27(37-21-39-29)31(43-33)49-19-25-7-3-23(4-8-25)17-47-15-13-45-11-1-2-12-46-14-16-48-18-24-5-9-26(10-6-24)20-50-32-28-30(40-22-38-28)42-34(36)44-32/h1-10,21-22H,11-20H2,(H3,35,37,39,41,43)(H3,36,38,40,42,44)/b2-1+. The summed E-state index contributed by atoms with van der Waals surface area (Å²) < 4.78 is 34.3. The Bertz CT molecular complexity index is 1820. The summed E-state index contributed by atoms with van der Waals surface area (Å²) in [5.41, 5.74) is 17.7. The van der Waals surface area contributed by atoms with E-state index in [9.17, 15) is 0 Å². The van der Waals surface area contributed by atoms with E-state index in [0.29, 0.717) is 100 Å². The number of ether oxygens (including phenoxy) is 6. The zero-order valence-electron chi connectivity index (χ0n) is 27.3. The fourth-order valence-corrected chi connectivity index (χ4v) is 4.67. The molecule has 50 heavy (non-hydrogen) atoms. The Kier molecular flexibility index (Phi) is 12.1. The topological polar surface area (TPSA) is 216 Å². The lowest BCUT2D eigenvalue weighted by Crippen LogP contribution is -2.06. The number of nitrogens with two attached hydrogens (primary N) is 2. The highest BCUT2D eigenvalue weighted by Crippen LogP contribution is 2.22. The third-order valence-electron chi connectivity index (χ3n) is 7.20. The molecular weight excluding hydrogens is 644 g/mol. The third kappa shape index (κ3) is 9.93. The maximum absolute atomic E-state index is 5.82. The molecule has 0 aliphatic rings. The van der Waals surface area contributed by atoms with Crippen molar-refractivity contribution in [1.29, 1.82) is 0 Å². The van der Waals surface area contributed by atoms with Crippen LogP contribution in [0.2, 0.25) is 0 Å². The molecular formula is C34H38N10O6. The quantitative estimate of drug-likeness (QED) is 0.0668. The van der Waals surface area contributed by atoms with Gasteiger partial charge in [-0.15, -0.1) is 0 Å². The van der Waals surface area contributed by atoms with Crippen molar-refractivity contribution < 1.29 is 28.4 Å². The number of hydrogen-bond acceptors (Lipinski definition) is 14. The molecule has 6 N–H and O–H groups in total. The first-order valence-electron chi connectivity index (χ1n) is 15.9. The van der Waals surface area contributed by atoms with Gasteiger partial charge in [-0.3, -0.25) is 0 Å². The summed E-state index contributed by atoms with van der Waals surface area (Å²) in [6.07, 6.45) is 6.91. The number of hydrogen-bond donors (Lipinski definition) is 4. The zero-order valence-corrected chi connectivity index (χ0v) is 27.3. The smallest absolute Gasteiger partial charge is 0.247 e. The van der Waals surface area contributed by atoms with Gasteiger partial charge in [0, 0.05) is 0 Å². The Morgan fingerprint density at radius 2 is 0.880 bits per heavy atom. The Morgan fingerprint density at radius 3 is 1.30 bits per heavy atom. The van der Waals surface area contributed by atoms with Gasteiger partial charge in [0.05, 0.1) is 65.5 Å². The first kappa shape index (κ1) is 34.2. The van der Waals surface area contributed by atoms with Gasteiger partial charge in [-0.05, 0) is 22.3 Å². The number of aromatic nitrogens is 8. The van der Waals surface area contributed by atoms with E-state index in [1.165, 1.54) is 12.7 Å². The molecule has 4 aromatic heterocycles. The highest BCUT2D eigenvalue weighted by molar-refractivity contribution is 5.77. The van der Waals surface area contributed by atoms with Crippen LogP contribution in [-0.2, 0) is 45.4 Å². The predicted octanol–water partition coefficient (Wildman–Crippen LogP) is 3.66. The van der Waals surface area contributed by atoms with Crippen LogP contribution in [-0.4, -0.2) is 79.5 Å². The molecule has 6 aromatic rings. The Hall–Kier alpha value is -5.68. The van der Waals surface area contributed by atoms with Gasteiger partial charge in [0.15, 0.2) is 22.3 Å². The molecule has 6 rings (SSSR count). The number of nitrogen functional groups attached to an aromatic ring is 2. The van der Waals surface area contributed by atoms with Crippen molar-refractivity contribution in [2.45, 2.75) is 26.4 Å². The SMILES string of the molecule is Nc1nc(OCc2ccc(COCCOC/C=C/COCCOCc3ccc(COc4nc(N)nc5[nH]cnc45)cc3)cc2)c2nc[nH]c2n1. The Labute approximate surface area is 287 Å². The average molecular weight is 683 g/mol. The van der Waals surface area contributed by atoms with Crippen LogP contribution in [0.25, 0.3) is 22.3 Å². The van der Waals surface area contributed by atoms with Crippen LogP contribution >= 0.6 is 0 Å². The summed E-state index contributed by atoms with van der Waals surface area (Å²) in [6, 6.07) is 15.9. The monoisotopic (exact) mass is 682 g/mol. The molecule has 0 atom stereocenters. The van der Waals surface area contributed by atoms with Gasteiger partial charge in [0.1, 0.15) is 13.2 Å². The van der Waals surface area contributed by atoms with Gasteiger partial charge in [0.25, 0.3) is 0 Å². The normalized spacial score (nSPS) is 11.6. The van der Waals surface area contributed by atoms with Crippen molar-refractivity contribution in [2.75, 3.05) is 51.1 Å². The van der Waals surface area contributed by atoms with Gasteiger partial charge < -0.3 is 49.9 Å². The lowest BCUT2D eigenvalue weighted by molar-refractivity contribution is 0.0475. The van der Waals surface area contributed by atoms with Gasteiger partial charge in [-0.2, -0.15) is 19.9 Å². The van der Waals surface area contributed by atoms with Gasteiger partial charge in [0.2, 0.25) is 23.7 Å². The number of benzene rings is 2. The number of imidazole rings is 2. The number of anilines is 2. The van der Waals surface area contributed by atoms with E-state index in [4.69, 9.17) is 39.9 Å². The van der Waals surface area contributed by atoms with Gasteiger partial charge in [-0.1, -0.05) is 60.7 Å². The van der Waals surface area contributed by atoms with E-state index in [2.05, 4.69) is 39.9 Å². The number of nitrogens with one attached hydrogen (secondary N) is 2. The minimum absolute atomic E-state index is 0.125. The second kappa shape index (κ2) is 17.6. The summed E-state index contributed by atoms with van der Waals surface area (Å²) in [5, 5.41) is 0. The second-order valence-corrected chi connectivity index (χ2v) is 10.9. The minimum atomic E-state index is 0.125. The van der Waals surface area contributed by atoms with Gasteiger partial charge >= 0.3 is 0 Å². The molecule has 0 unspecified atom stereocenters. The molecule has 0 radical (unpaired) electrons. The van der Waals surface area contributed by atoms with Crippen LogP contribution in [0.3, 0.4) is 0 Å². The van der Waals surface area contributed by atoms with E-state index < -0.39 is 0 Å². The van der Waals surface area contributed by atoms with Crippen LogP contribution in [0.4, 0.5) is 11.9 Å². The maximum atomic E-state index is 5.82. The number of nitrogens with zero attached hydrogens (tertiary/aromatic N) is 6. The minimum Gasteiger partial charge on any atom is -0.471 e. The lowest BCUT2D eigenvalue weighted by Gasteiger charge is -2.08. The number of fused-ring (bicyclic) bond motifs is 2. The molecule has 0 saturated heterocycles. The molecule has 0 spiro atoms. The molecule has 16 heteroatoms. The largest absolute Gasteiger partial charge is 0.471 e. The van der Waals surface area contributed by atoms with Crippen molar-refractivity contribution in [3.8, 4) is 11.8 Å². The molecule has 0 saturated carbocycles. The summed E-state index contributed by atoms with van der Waals surface area (Å²) in [5.74, 6) is 0.939. The van der Waals surface area contributed by atoms with Crippen molar-refractivity contribution in [3.63, 3.8) is 0 Å².